The van der Waals surface area contributed by atoms with E-state index in [9.17, 15) is 4.79 Å². The standard InChI is InChI=1S/C13H15ClN5O2.Tl/c1-6-3-8(4-7(2)20)21-12(6)19-5-16-9-10(14)17-13(15)18-11(9)19;/h5-6,8,12H,3-4H2,1-2H3,(H-,15,17,18);/q-1;+1. The van der Waals surface area contributed by atoms with Gasteiger partial charge in [-0.15, -0.1) is 0 Å². The summed E-state index contributed by atoms with van der Waals surface area (Å²) in [5, 5.41) is 0.331. The quantitative estimate of drug-likeness (QED) is 0.497. The molecule has 0 spiro atoms. The molecule has 2 aromatic heterocycles. The van der Waals surface area contributed by atoms with E-state index in [-0.39, 0.29) is 24.0 Å². The second-order valence-corrected chi connectivity index (χ2v) is 7.05. The molecule has 1 fully saturated rings. The van der Waals surface area contributed by atoms with Gasteiger partial charge < -0.3 is 0 Å². The van der Waals surface area contributed by atoms with Crippen molar-refractivity contribution in [3.05, 3.63) is 11.5 Å². The third-order valence-corrected chi connectivity index (χ3v) is 5.02. The molecule has 1 aliphatic heterocycles. The first kappa shape index (κ1) is 16.1. The monoisotopic (exact) mass is 513 g/mol. The molecule has 3 rings (SSSR count). The molecular weight excluding hydrogens is 498 g/mol. The number of aromatic nitrogens is 4. The van der Waals surface area contributed by atoms with Crippen LogP contribution in [-0.2, 0) is 9.53 Å². The molecule has 0 saturated carbocycles. The molecule has 0 bridgehead atoms. The average molecular weight is 513 g/mol. The molecule has 7 nitrogen and oxygen atoms in total. The average Bonchev–Trinajstić information content (AvgIpc) is 3.01. The van der Waals surface area contributed by atoms with Gasteiger partial charge in [0.2, 0.25) is 0 Å². The van der Waals surface area contributed by atoms with E-state index in [4.69, 9.17) is 16.3 Å². The number of hydrogen-bond acceptors (Lipinski definition) is 6. The van der Waals surface area contributed by atoms with Crippen molar-refractivity contribution in [1.29, 1.82) is 0 Å². The van der Waals surface area contributed by atoms with Crippen molar-refractivity contribution in [3.63, 3.8) is 0 Å². The third-order valence-electron chi connectivity index (χ3n) is 3.75. The van der Waals surface area contributed by atoms with Gasteiger partial charge in [0, 0.05) is 0 Å². The van der Waals surface area contributed by atoms with Gasteiger partial charge in [-0.05, 0) is 0 Å². The number of Topliss-reactive ketones (excluding diaryl/α,β-unsaturated/α-hetero) is 1. The zero-order chi connectivity index (χ0) is 15.9. The zero-order valence-electron chi connectivity index (χ0n) is 12.3. The number of hydrogen-bond donors (Lipinski definition) is 1. The number of carbonyl (C=O) groups is 1. The van der Waals surface area contributed by atoms with Crippen LogP contribution < -0.4 is 3.13 Å². The fraction of sp³-hybridized carbons (Fsp3) is 0.538. The summed E-state index contributed by atoms with van der Waals surface area (Å²) in [5.41, 5.74) is 1.22. The van der Waals surface area contributed by atoms with Gasteiger partial charge in [0.1, 0.15) is 0 Å². The Hall–Kier alpha value is -0.808. The van der Waals surface area contributed by atoms with Gasteiger partial charge in [0.25, 0.3) is 0 Å². The Morgan fingerprint density at radius 1 is 1.59 bits per heavy atom. The van der Waals surface area contributed by atoms with Crippen molar-refractivity contribution in [3.8, 4) is 0 Å². The molecule has 0 radical (unpaired) electrons. The molecule has 2 aromatic rings. The SMILES string of the molecule is CC(=O)CC1CC(C)C(n2cnc3c(Cl)nc([NH][Tl])nc32)O1. The topological polar surface area (TPSA) is 81.9 Å². The number of ketones is 1. The summed E-state index contributed by atoms with van der Waals surface area (Å²) < 4.78 is 11.0. The normalized spacial score (nSPS) is 24.7. The summed E-state index contributed by atoms with van der Waals surface area (Å²) in [6.45, 7) is 3.69. The van der Waals surface area contributed by atoms with Gasteiger partial charge in [0.05, 0.1) is 0 Å². The Morgan fingerprint density at radius 3 is 3.05 bits per heavy atom. The Balaban J connectivity index is 1.96. The summed E-state index contributed by atoms with van der Waals surface area (Å²) in [6.07, 6.45) is 2.73. The van der Waals surface area contributed by atoms with Gasteiger partial charge in [-0.1, -0.05) is 0 Å². The van der Waals surface area contributed by atoms with E-state index >= 15 is 0 Å². The first-order valence-electron chi connectivity index (χ1n) is 7.01. The maximum atomic E-state index is 11.3. The molecule has 22 heavy (non-hydrogen) atoms. The van der Waals surface area contributed by atoms with Gasteiger partial charge in [-0.3, -0.25) is 0 Å². The number of imidazole rings is 1. The molecule has 1 aliphatic rings. The van der Waals surface area contributed by atoms with Crippen LogP contribution in [0.1, 0.15) is 32.9 Å². The van der Waals surface area contributed by atoms with Crippen LogP contribution in [0.5, 0.6) is 0 Å². The maximum absolute atomic E-state index is 11.3. The Labute approximate surface area is 148 Å². The van der Waals surface area contributed by atoms with Crippen molar-refractivity contribution < 1.29 is 9.53 Å². The third kappa shape index (κ3) is 2.98. The van der Waals surface area contributed by atoms with E-state index in [1.165, 1.54) is 0 Å². The first-order valence-corrected chi connectivity index (χ1v) is 9.63. The summed E-state index contributed by atoms with van der Waals surface area (Å²) in [6, 6.07) is 0. The summed E-state index contributed by atoms with van der Waals surface area (Å²) in [7, 11) is 0. The van der Waals surface area contributed by atoms with Crippen LogP contribution in [0, 0.1) is 5.92 Å². The molecule has 3 heterocycles. The summed E-state index contributed by atoms with van der Waals surface area (Å²) in [5.74, 6) is 0.919. The number of carbonyl (C=O) groups excluding carboxylic acids is 1. The molecular formula is C13H15ClN5O2Tl. The van der Waals surface area contributed by atoms with Crippen LogP contribution in [0.3, 0.4) is 0 Å². The number of nitrogens with zero attached hydrogens (tertiary/aromatic N) is 4. The molecule has 9 heteroatoms. The first-order chi connectivity index (χ1) is 10.5. The van der Waals surface area contributed by atoms with E-state index < -0.39 is 0 Å². The minimum atomic E-state index is -0.190. The second-order valence-electron chi connectivity index (χ2n) is 5.57. The van der Waals surface area contributed by atoms with Crippen molar-refractivity contribution in [1.82, 2.24) is 19.5 Å². The molecule has 0 aliphatic carbocycles. The number of nitrogens with one attached hydrogen (secondary N) is 1. The Bertz CT molecular complexity index is 722. The number of anilines is 1. The molecule has 1 N–H and O–H groups in total. The van der Waals surface area contributed by atoms with Crippen molar-refractivity contribution in [2.24, 2.45) is 5.92 Å². The van der Waals surface area contributed by atoms with E-state index in [0.717, 1.165) is 6.42 Å². The van der Waals surface area contributed by atoms with Crippen LogP contribution in [0.2, 0.25) is 5.15 Å². The fourth-order valence-corrected chi connectivity index (χ4v) is 3.56. The van der Waals surface area contributed by atoms with E-state index in [2.05, 4.69) is 25.0 Å². The van der Waals surface area contributed by atoms with Gasteiger partial charge >= 0.3 is 149 Å². The molecule has 3 unspecified atom stereocenters. The van der Waals surface area contributed by atoms with Crippen molar-refractivity contribution in [2.75, 3.05) is 3.13 Å². The number of rotatable bonds is 4. The minimum absolute atomic E-state index is 0.0510. The van der Waals surface area contributed by atoms with Crippen LogP contribution >= 0.6 is 11.6 Å². The van der Waals surface area contributed by atoms with Crippen molar-refractivity contribution >= 4 is 60.6 Å². The molecule has 0 aromatic carbocycles. The van der Waals surface area contributed by atoms with Crippen LogP contribution in [0.4, 0.5) is 5.95 Å². The fourth-order valence-electron chi connectivity index (χ4n) is 2.84. The van der Waals surface area contributed by atoms with Crippen LogP contribution in [0.25, 0.3) is 11.2 Å². The Morgan fingerprint density at radius 2 is 2.36 bits per heavy atom. The van der Waals surface area contributed by atoms with E-state index in [1.54, 1.807) is 13.3 Å². The number of halogens is 1. The second kappa shape index (κ2) is 6.36. The molecule has 3 atom stereocenters. The van der Waals surface area contributed by atoms with Gasteiger partial charge in [-0.25, -0.2) is 0 Å². The summed E-state index contributed by atoms with van der Waals surface area (Å²) >= 11 is 6.69. The number of ether oxygens (including phenoxy) is 1. The molecule has 114 valence electrons. The van der Waals surface area contributed by atoms with Gasteiger partial charge in [0.15, 0.2) is 0 Å². The van der Waals surface area contributed by atoms with E-state index in [0.29, 0.717) is 54.8 Å². The molecule has 0 amide bonds. The Kier molecular flexibility index (Phi) is 4.65. The number of fused-ring (bicyclic) bond motifs is 1. The van der Waals surface area contributed by atoms with Crippen LogP contribution in [-0.4, -0.2) is 57.5 Å². The predicted octanol–water partition coefficient (Wildman–Crippen LogP) is 1.88. The summed E-state index contributed by atoms with van der Waals surface area (Å²) in [4.78, 5) is 24.2. The molecule has 1 saturated heterocycles. The van der Waals surface area contributed by atoms with Crippen molar-refractivity contribution in [2.45, 2.75) is 39.0 Å². The zero-order valence-corrected chi connectivity index (χ0v) is 17.5. The van der Waals surface area contributed by atoms with Gasteiger partial charge in [-0.2, -0.15) is 0 Å². The van der Waals surface area contributed by atoms with Crippen LogP contribution in [0.15, 0.2) is 6.33 Å². The predicted molar refractivity (Wildman–Crippen MR) is 82.7 cm³/mol. The van der Waals surface area contributed by atoms with E-state index in [1.807, 2.05) is 4.57 Å².